The van der Waals surface area contributed by atoms with E-state index in [1.165, 1.54) is 0 Å². The van der Waals surface area contributed by atoms with Crippen molar-refractivity contribution >= 4 is 5.69 Å². The van der Waals surface area contributed by atoms with E-state index in [1.807, 2.05) is 0 Å². The van der Waals surface area contributed by atoms with Crippen LogP contribution in [0.1, 0.15) is 44.5 Å². The normalized spacial score (nSPS) is 19.5. The van der Waals surface area contributed by atoms with Crippen LogP contribution in [0.25, 0.3) is 0 Å². The monoisotopic (exact) mass is 291 g/mol. The molecular formula is C16H25N3O2. The van der Waals surface area contributed by atoms with Crippen molar-refractivity contribution in [3.8, 4) is 0 Å². The first kappa shape index (κ1) is 15.9. The van der Waals surface area contributed by atoms with E-state index < -0.39 is 0 Å². The average molecular weight is 291 g/mol. The summed E-state index contributed by atoms with van der Waals surface area (Å²) in [5.74, 6) is 0.630. The van der Waals surface area contributed by atoms with Crippen LogP contribution in [-0.2, 0) is 6.54 Å². The van der Waals surface area contributed by atoms with Crippen molar-refractivity contribution < 1.29 is 4.92 Å². The third-order valence-electron chi connectivity index (χ3n) is 5.72. The Bertz CT molecular complexity index is 565. The van der Waals surface area contributed by atoms with Crippen LogP contribution < -0.4 is 5.32 Å². The first-order valence-corrected chi connectivity index (χ1v) is 7.41. The Morgan fingerprint density at radius 3 is 2.33 bits per heavy atom. The predicted octanol–water partition coefficient (Wildman–Crippen LogP) is 3.38. The molecule has 0 unspecified atom stereocenters. The lowest BCUT2D eigenvalue weighted by atomic mass is 10.0. The van der Waals surface area contributed by atoms with E-state index in [1.54, 1.807) is 20.0 Å². The fourth-order valence-corrected chi connectivity index (χ4v) is 3.40. The zero-order chi connectivity index (χ0) is 16.0. The number of hydrogen-bond donors (Lipinski definition) is 1. The van der Waals surface area contributed by atoms with Crippen LogP contribution in [0.2, 0.25) is 0 Å². The molecule has 116 valence electrons. The van der Waals surface area contributed by atoms with E-state index >= 15 is 0 Å². The second-order valence-electron chi connectivity index (χ2n) is 7.25. The zero-order valence-electron chi connectivity index (χ0n) is 13.8. The summed E-state index contributed by atoms with van der Waals surface area (Å²) in [6.07, 6.45) is 1.59. The molecule has 0 saturated heterocycles. The predicted molar refractivity (Wildman–Crippen MR) is 83.1 cm³/mol. The SMILES string of the molecule is Cc1cnc(CNCC2C(C)(C)C2(C)C)c(C)c1[N+](=O)[O-]. The van der Waals surface area contributed by atoms with E-state index in [4.69, 9.17) is 0 Å². The Kier molecular flexibility index (Phi) is 3.82. The second kappa shape index (κ2) is 5.05. The standard InChI is InChI=1S/C16H25N3O2/c1-10-7-18-12(11(2)14(10)19(20)21)8-17-9-13-15(3,4)16(13,5)6/h7,13,17H,8-9H2,1-6H3. The van der Waals surface area contributed by atoms with Crippen molar-refractivity contribution in [2.75, 3.05) is 6.54 Å². The van der Waals surface area contributed by atoms with Crippen LogP contribution >= 0.6 is 0 Å². The Hall–Kier alpha value is -1.49. The maximum Gasteiger partial charge on any atom is 0.278 e. The van der Waals surface area contributed by atoms with E-state index in [9.17, 15) is 10.1 Å². The first-order valence-electron chi connectivity index (χ1n) is 7.41. The van der Waals surface area contributed by atoms with Gasteiger partial charge in [-0.1, -0.05) is 27.7 Å². The lowest BCUT2D eigenvalue weighted by Crippen LogP contribution is -2.20. The fraction of sp³-hybridized carbons (Fsp3) is 0.688. The van der Waals surface area contributed by atoms with Gasteiger partial charge in [0.05, 0.1) is 10.6 Å². The van der Waals surface area contributed by atoms with Crippen LogP contribution in [-0.4, -0.2) is 16.5 Å². The molecule has 21 heavy (non-hydrogen) atoms. The number of nitrogens with zero attached hydrogens (tertiary/aromatic N) is 2. The van der Waals surface area contributed by atoms with Gasteiger partial charge < -0.3 is 5.32 Å². The molecule has 0 radical (unpaired) electrons. The molecule has 1 aromatic heterocycles. The van der Waals surface area contributed by atoms with Crippen molar-refractivity contribution in [1.29, 1.82) is 0 Å². The van der Waals surface area contributed by atoms with E-state index in [0.29, 0.717) is 34.4 Å². The van der Waals surface area contributed by atoms with Crippen molar-refractivity contribution in [2.45, 2.75) is 48.1 Å². The molecule has 0 bridgehead atoms. The number of nitro groups is 1. The second-order valence-corrected chi connectivity index (χ2v) is 7.25. The molecule has 1 saturated carbocycles. The summed E-state index contributed by atoms with van der Waals surface area (Å²) >= 11 is 0. The van der Waals surface area contributed by atoms with Crippen LogP contribution in [0, 0.1) is 40.7 Å². The molecule has 0 atom stereocenters. The van der Waals surface area contributed by atoms with Gasteiger partial charge in [0, 0.05) is 23.9 Å². The Balaban J connectivity index is 2.02. The van der Waals surface area contributed by atoms with Gasteiger partial charge in [0.15, 0.2) is 0 Å². The summed E-state index contributed by atoms with van der Waals surface area (Å²) in [6, 6.07) is 0. The van der Waals surface area contributed by atoms with Gasteiger partial charge in [-0.25, -0.2) is 0 Å². The molecule has 0 amide bonds. The van der Waals surface area contributed by atoms with Crippen LogP contribution in [0.4, 0.5) is 5.69 Å². The largest absolute Gasteiger partial charge is 0.311 e. The zero-order valence-corrected chi connectivity index (χ0v) is 13.8. The van der Waals surface area contributed by atoms with Gasteiger partial charge in [-0.05, 0) is 37.1 Å². The average Bonchev–Trinajstić information content (AvgIpc) is 2.73. The third-order valence-corrected chi connectivity index (χ3v) is 5.72. The van der Waals surface area contributed by atoms with Crippen LogP contribution in [0.15, 0.2) is 6.20 Å². The molecule has 5 heteroatoms. The van der Waals surface area contributed by atoms with Crippen molar-refractivity contribution in [2.24, 2.45) is 16.7 Å². The van der Waals surface area contributed by atoms with E-state index in [0.717, 1.165) is 12.2 Å². The molecule has 1 aliphatic carbocycles. The number of aryl methyl sites for hydroxylation is 1. The highest BCUT2D eigenvalue weighted by Gasteiger charge is 2.63. The highest BCUT2D eigenvalue weighted by Crippen LogP contribution is 2.67. The van der Waals surface area contributed by atoms with Crippen molar-refractivity contribution in [1.82, 2.24) is 10.3 Å². The summed E-state index contributed by atoms with van der Waals surface area (Å²) in [5.41, 5.74) is 2.94. The Labute approximate surface area is 126 Å². The maximum absolute atomic E-state index is 11.1. The van der Waals surface area contributed by atoms with Crippen molar-refractivity contribution in [3.05, 3.63) is 33.1 Å². The van der Waals surface area contributed by atoms with Crippen LogP contribution in [0.3, 0.4) is 0 Å². The van der Waals surface area contributed by atoms with Gasteiger partial charge >= 0.3 is 0 Å². The highest BCUT2D eigenvalue weighted by molar-refractivity contribution is 5.47. The Morgan fingerprint density at radius 1 is 1.29 bits per heavy atom. The number of rotatable bonds is 5. The summed E-state index contributed by atoms with van der Waals surface area (Å²) in [4.78, 5) is 15.1. The van der Waals surface area contributed by atoms with Crippen molar-refractivity contribution in [3.63, 3.8) is 0 Å². The first-order chi connectivity index (χ1) is 9.60. The summed E-state index contributed by atoms with van der Waals surface area (Å²) in [7, 11) is 0. The van der Waals surface area contributed by atoms with E-state index in [2.05, 4.69) is 38.0 Å². The molecule has 1 fully saturated rings. The molecule has 2 rings (SSSR count). The van der Waals surface area contributed by atoms with Gasteiger partial charge in [-0.3, -0.25) is 15.1 Å². The molecule has 5 nitrogen and oxygen atoms in total. The third kappa shape index (κ3) is 2.55. The molecule has 0 aromatic carbocycles. The summed E-state index contributed by atoms with van der Waals surface area (Å²) in [6.45, 7) is 14.2. The number of hydrogen-bond acceptors (Lipinski definition) is 4. The highest BCUT2D eigenvalue weighted by atomic mass is 16.6. The minimum atomic E-state index is -0.317. The van der Waals surface area contributed by atoms with Gasteiger partial charge in [-0.15, -0.1) is 0 Å². The number of aromatic nitrogens is 1. The topological polar surface area (TPSA) is 68.1 Å². The minimum Gasteiger partial charge on any atom is -0.311 e. The molecule has 1 aromatic rings. The molecular weight excluding hydrogens is 266 g/mol. The summed E-state index contributed by atoms with van der Waals surface area (Å²) < 4.78 is 0. The van der Waals surface area contributed by atoms with Gasteiger partial charge in [0.25, 0.3) is 5.69 Å². The molecule has 1 heterocycles. The van der Waals surface area contributed by atoms with E-state index in [-0.39, 0.29) is 10.6 Å². The molecule has 0 aliphatic heterocycles. The molecule has 0 spiro atoms. The van der Waals surface area contributed by atoms with Gasteiger partial charge in [0.2, 0.25) is 0 Å². The van der Waals surface area contributed by atoms with Crippen LogP contribution in [0.5, 0.6) is 0 Å². The number of nitrogens with one attached hydrogen (secondary N) is 1. The molecule has 1 aliphatic rings. The van der Waals surface area contributed by atoms with Gasteiger partial charge in [-0.2, -0.15) is 0 Å². The summed E-state index contributed by atoms with van der Waals surface area (Å²) in [5, 5.41) is 14.5. The minimum absolute atomic E-state index is 0.189. The fourth-order valence-electron chi connectivity index (χ4n) is 3.40. The van der Waals surface area contributed by atoms with Gasteiger partial charge in [0.1, 0.15) is 0 Å². The smallest absolute Gasteiger partial charge is 0.278 e. The quantitative estimate of drug-likeness (QED) is 0.667. The number of pyridine rings is 1. The lowest BCUT2D eigenvalue weighted by Gasteiger charge is -2.09. The lowest BCUT2D eigenvalue weighted by molar-refractivity contribution is -0.386. The maximum atomic E-state index is 11.1. The molecule has 1 N–H and O–H groups in total. The Morgan fingerprint density at radius 2 is 1.86 bits per heavy atom.